The molecule has 0 amide bonds. The number of phenolic OH excluding ortho intramolecular Hbond substituents is 1. The first-order valence-electron chi connectivity index (χ1n) is 8.38. The number of methoxy groups -OCH3 is 2. The molecule has 25 heavy (non-hydrogen) atoms. The molecule has 2 unspecified atom stereocenters. The lowest BCUT2D eigenvalue weighted by Crippen LogP contribution is -2.33. The predicted molar refractivity (Wildman–Crippen MR) is 98.5 cm³/mol. The van der Waals surface area contributed by atoms with Gasteiger partial charge in [-0.1, -0.05) is 12.1 Å². The van der Waals surface area contributed by atoms with E-state index in [0.29, 0.717) is 11.5 Å². The molecule has 0 radical (unpaired) electrons. The van der Waals surface area contributed by atoms with Crippen LogP contribution in [-0.2, 0) is 6.42 Å². The molecule has 0 aliphatic carbocycles. The van der Waals surface area contributed by atoms with Crippen molar-refractivity contribution in [3.8, 4) is 17.2 Å². The standard InChI is InChI=1S/C20H27NO4/c1-13-11-16(6-7-17(13)22)20(23)14(2)21-10-9-15-5-8-18(24-3)19(12-15)25-4/h5-8,11-12,14,20-23H,9-10H2,1-4H3. The maximum absolute atomic E-state index is 10.5. The van der Waals surface area contributed by atoms with Crippen LogP contribution in [0.3, 0.4) is 0 Å². The van der Waals surface area contributed by atoms with Gasteiger partial charge in [-0.05, 0) is 67.8 Å². The molecule has 0 aliphatic rings. The summed E-state index contributed by atoms with van der Waals surface area (Å²) >= 11 is 0. The Morgan fingerprint density at radius 3 is 2.40 bits per heavy atom. The van der Waals surface area contributed by atoms with E-state index in [9.17, 15) is 10.2 Å². The highest BCUT2D eigenvalue weighted by atomic mass is 16.5. The molecule has 0 heterocycles. The molecular weight excluding hydrogens is 318 g/mol. The highest BCUT2D eigenvalue weighted by Gasteiger charge is 2.16. The first-order chi connectivity index (χ1) is 12.0. The summed E-state index contributed by atoms with van der Waals surface area (Å²) in [4.78, 5) is 0. The zero-order chi connectivity index (χ0) is 18.4. The number of hydrogen-bond donors (Lipinski definition) is 3. The predicted octanol–water partition coefficient (Wildman–Crippen LogP) is 2.97. The van der Waals surface area contributed by atoms with Gasteiger partial charge in [0.1, 0.15) is 5.75 Å². The Hall–Kier alpha value is -2.24. The van der Waals surface area contributed by atoms with Crippen molar-refractivity contribution in [3.63, 3.8) is 0 Å². The van der Waals surface area contributed by atoms with Gasteiger partial charge in [0.2, 0.25) is 0 Å². The first kappa shape index (κ1) is 19.1. The number of aliphatic hydroxyl groups is 1. The number of aliphatic hydroxyl groups excluding tert-OH is 1. The van der Waals surface area contributed by atoms with E-state index in [4.69, 9.17) is 9.47 Å². The normalized spacial score (nSPS) is 13.3. The molecule has 2 aromatic carbocycles. The van der Waals surface area contributed by atoms with Crippen LogP contribution in [-0.4, -0.2) is 37.0 Å². The second-order valence-corrected chi connectivity index (χ2v) is 6.17. The average molecular weight is 345 g/mol. The van der Waals surface area contributed by atoms with Crippen LogP contribution in [0.15, 0.2) is 36.4 Å². The summed E-state index contributed by atoms with van der Waals surface area (Å²) in [5.41, 5.74) is 2.68. The van der Waals surface area contributed by atoms with Gasteiger partial charge < -0.3 is 25.0 Å². The van der Waals surface area contributed by atoms with Crippen LogP contribution < -0.4 is 14.8 Å². The molecule has 0 saturated carbocycles. The fraction of sp³-hybridized carbons (Fsp3) is 0.400. The highest BCUT2D eigenvalue weighted by molar-refractivity contribution is 5.43. The Morgan fingerprint density at radius 1 is 1.04 bits per heavy atom. The number of nitrogens with one attached hydrogen (secondary N) is 1. The van der Waals surface area contributed by atoms with Crippen molar-refractivity contribution >= 4 is 0 Å². The number of aromatic hydroxyl groups is 1. The number of rotatable bonds is 8. The van der Waals surface area contributed by atoms with Crippen molar-refractivity contribution in [2.75, 3.05) is 20.8 Å². The van der Waals surface area contributed by atoms with Gasteiger partial charge in [0, 0.05) is 6.04 Å². The van der Waals surface area contributed by atoms with Crippen LogP contribution in [0, 0.1) is 6.92 Å². The molecule has 0 saturated heterocycles. The van der Waals surface area contributed by atoms with Gasteiger partial charge >= 0.3 is 0 Å². The zero-order valence-corrected chi connectivity index (χ0v) is 15.2. The van der Waals surface area contributed by atoms with Crippen LogP contribution in [0.1, 0.15) is 29.7 Å². The van der Waals surface area contributed by atoms with E-state index in [1.165, 1.54) is 0 Å². The van der Waals surface area contributed by atoms with Gasteiger partial charge in [-0.15, -0.1) is 0 Å². The van der Waals surface area contributed by atoms with Crippen molar-refractivity contribution in [3.05, 3.63) is 53.1 Å². The molecule has 0 spiro atoms. The van der Waals surface area contributed by atoms with E-state index in [0.717, 1.165) is 29.7 Å². The van der Waals surface area contributed by atoms with Crippen LogP contribution >= 0.6 is 0 Å². The molecule has 5 heteroatoms. The molecule has 0 bridgehead atoms. The summed E-state index contributed by atoms with van der Waals surface area (Å²) in [6.45, 7) is 4.49. The Labute approximate surface area is 149 Å². The fourth-order valence-corrected chi connectivity index (χ4v) is 2.74. The second-order valence-electron chi connectivity index (χ2n) is 6.17. The summed E-state index contributed by atoms with van der Waals surface area (Å²) in [7, 11) is 3.24. The Bertz CT molecular complexity index is 702. The zero-order valence-electron chi connectivity index (χ0n) is 15.2. The van der Waals surface area contributed by atoms with Crippen molar-refractivity contribution in [2.24, 2.45) is 0 Å². The molecular formula is C20H27NO4. The molecule has 2 rings (SSSR count). The van der Waals surface area contributed by atoms with Crippen molar-refractivity contribution in [2.45, 2.75) is 32.4 Å². The lowest BCUT2D eigenvalue weighted by atomic mass is 10.0. The lowest BCUT2D eigenvalue weighted by Gasteiger charge is -2.21. The SMILES string of the molecule is COc1ccc(CCNC(C)C(O)c2ccc(O)c(C)c2)cc1OC. The smallest absolute Gasteiger partial charge is 0.160 e. The molecule has 2 aromatic rings. The van der Waals surface area contributed by atoms with Crippen molar-refractivity contribution in [1.82, 2.24) is 5.32 Å². The third-order valence-corrected chi connectivity index (χ3v) is 4.36. The minimum atomic E-state index is -0.635. The van der Waals surface area contributed by atoms with Crippen LogP contribution in [0.25, 0.3) is 0 Å². The number of hydrogen-bond acceptors (Lipinski definition) is 5. The third kappa shape index (κ3) is 4.87. The Balaban J connectivity index is 1.91. The van der Waals surface area contributed by atoms with Crippen LogP contribution in [0.5, 0.6) is 17.2 Å². The Kier molecular flexibility index (Phi) is 6.67. The average Bonchev–Trinajstić information content (AvgIpc) is 2.63. The highest BCUT2D eigenvalue weighted by Crippen LogP contribution is 2.28. The number of phenols is 1. The van der Waals surface area contributed by atoms with Gasteiger partial charge in [-0.3, -0.25) is 0 Å². The number of benzene rings is 2. The summed E-state index contributed by atoms with van der Waals surface area (Å²) in [5.74, 6) is 1.67. The van der Waals surface area contributed by atoms with Gasteiger partial charge in [0.15, 0.2) is 11.5 Å². The minimum Gasteiger partial charge on any atom is -0.508 e. The van der Waals surface area contributed by atoms with E-state index in [-0.39, 0.29) is 11.8 Å². The van der Waals surface area contributed by atoms with Gasteiger partial charge in [0.25, 0.3) is 0 Å². The number of aryl methyl sites for hydroxylation is 1. The molecule has 136 valence electrons. The minimum absolute atomic E-state index is 0.107. The van der Waals surface area contributed by atoms with E-state index >= 15 is 0 Å². The maximum atomic E-state index is 10.5. The Morgan fingerprint density at radius 2 is 1.76 bits per heavy atom. The first-order valence-corrected chi connectivity index (χ1v) is 8.38. The lowest BCUT2D eigenvalue weighted by molar-refractivity contribution is 0.136. The van der Waals surface area contributed by atoms with E-state index in [1.54, 1.807) is 26.4 Å². The van der Waals surface area contributed by atoms with Gasteiger partial charge in [0.05, 0.1) is 20.3 Å². The molecule has 3 N–H and O–H groups in total. The molecule has 0 aliphatic heterocycles. The summed E-state index contributed by atoms with van der Waals surface area (Å²) in [6, 6.07) is 10.9. The fourth-order valence-electron chi connectivity index (χ4n) is 2.74. The van der Waals surface area contributed by atoms with E-state index in [1.807, 2.05) is 38.1 Å². The van der Waals surface area contributed by atoms with E-state index < -0.39 is 6.10 Å². The largest absolute Gasteiger partial charge is 0.508 e. The molecule has 5 nitrogen and oxygen atoms in total. The molecule has 0 aromatic heterocycles. The third-order valence-electron chi connectivity index (χ3n) is 4.36. The van der Waals surface area contributed by atoms with Crippen molar-refractivity contribution < 1.29 is 19.7 Å². The topological polar surface area (TPSA) is 71.0 Å². The summed E-state index contributed by atoms with van der Waals surface area (Å²) < 4.78 is 10.6. The second kappa shape index (κ2) is 8.74. The number of ether oxygens (including phenoxy) is 2. The van der Waals surface area contributed by atoms with Crippen molar-refractivity contribution in [1.29, 1.82) is 0 Å². The van der Waals surface area contributed by atoms with E-state index in [2.05, 4.69) is 5.32 Å². The molecule has 0 fully saturated rings. The molecule has 2 atom stereocenters. The van der Waals surface area contributed by atoms with Crippen LogP contribution in [0.4, 0.5) is 0 Å². The summed E-state index contributed by atoms with van der Waals surface area (Å²) in [5, 5.41) is 23.4. The quantitative estimate of drug-likeness (QED) is 0.686. The summed E-state index contributed by atoms with van der Waals surface area (Å²) in [6.07, 6.45) is 0.177. The maximum Gasteiger partial charge on any atom is 0.160 e. The van der Waals surface area contributed by atoms with Gasteiger partial charge in [-0.2, -0.15) is 0 Å². The monoisotopic (exact) mass is 345 g/mol. The van der Waals surface area contributed by atoms with Crippen LogP contribution in [0.2, 0.25) is 0 Å². The van der Waals surface area contributed by atoms with Gasteiger partial charge in [-0.25, -0.2) is 0 Å².